The Morgan fingerprint density at radius 2 is 1.91 bits per heavy atom. The maximum absolute atomic E-state index is 12.8. The zero-order valence-corrected chi connectivity index (χ0v) is 20.2. The number of hydrogen-bond acceptors (Lipinski definition) is 7. The van der Waals surface area contributed by atoms with E-state index in [0.717, 1.165) is 29.7 Å². The summed E-state index contributed by atoms with van der Waals surface area (Å²) in [5.41, 5.74) is 1.74. The topological polar surface area (TPSA) is 105 Å². The molecule has 1 aliphatic rings. The Morgan fingerprint density at radius 3 is 2.56 bits per heavy atom. The molecule has 3 rings (SSSR count). The number of rotatable bonds is 9. The molecule has 1 aliphatic heterocycles. The number of ether oxygens (including phenoxy) is 1. The van der Waals surface area contributed by atoms with Crippen molar-refractivity contribution in [2.24, 2.45) is 0 Å². The largest absolute Gasteiger partial charge is 0.462 e. The van der Waals surface area contributed by atoms with Gasteiger partial charge in [0.2, 0.25) is 15.9 Å². The van der Waals surface area contributed by atoms with Crippen molar-refractivity contribution in [3.63, 3.8) is 0 Å². The first-order chi connectivity index (χ1) is 15.3. The van der Waals surface area contributed by atoms with Crippen LogP contribution in [0, 0.1) is 6.92 Å². The SMILES string of the molecule is CCOC(=O)c1c(NC(=O)CNc2cccc(S(=O)(=O)N3CCCC3)c2)sc(CC)c1C. The van der Waals surface area contributed by atoms with Crippen LogP contribution in [0.25, 0.3) is 0 Å². The van der Waals surface area contributed by atoms with Crippen molar-refractivity contribution in [1.82, 2.24) is 4.31 Å². The van der Waals surface area contributed by atoms with E-state index in [9.17, 15) is 18.0 Å². The van der Waals surface area contributed by atoms with E-state index in [1.165, 1.54) is 21.7 Å². The summed E-state index contributed by atoms with van der Waals surface area (Å²) in [5.74, 6) is -0.795. The maximum atomic E-state index is 12.8. The first-order valence-corrected chi connectivity index (χ1v) is 13.0. The minimum absolute atomic E-state index is 0.0755. The number of amides is 1. The number of esters is 1. The second-order valence-electron chi connectivity index (χ2n) is 7.47. The standard InChI is InChI=1S/C22H29N3O5S2/c1-4-18-15(3)20(22(27)30-5-2)21(31-18)24-19(26)14-23-16-9-8-10-17(13-16)32(28,29)25-11-6-7-12-25/h8-10,13,23H,4-7,11-12,14H2,1-3H3,(H,24,26). The zero-order valence-electron chi connectivity index (χ0n) is 18.6. The Balaban J connectivity index is 1.69. The highest BCUT2D eigenvalue weighted by atomic mass is 32.2. The Kier molecular flexibility index (Phi) is 7.91. The lowest BCUT2D eigenvalue weighted by Crippen LogP contribution is -2.28. The van der Waals surface area contributed by atoms with Crippen molar-refractivity contribution < 1.29 is 22.7 Å². The molecule has 1 aromatic heterocycles. The third kappa shape index (κ3) is 5.31. The Hall–Kier alpha value is -2.43. The van der Waals surface area contributed by atoms with Crippen molar-refractivity contribution >= 4 is 43.9 Å². The van der Waals surface area contributed by atoms with Crippen LogP contribution in [-0.4, -0.2) is 50.8 Å². The van der Waals surface area contributed by atoms with Gasteiger partial charge in [-0.1, -0.05) is 13.0 Å². The molecular formula is C22H29N3O5S2. The van der Waals surface area contributed by atoms with Gasteiger partial charge in [-0.25, -0.2) is 13.2 Å². The lowest BCUT2D eigenvalue weighted by Gasteiger charge is -2.16. The second kappa shape index (κ2) is 10.5. The average molecular weight is 480 g/mol. The van der Waals surface area contributed by atoms with Crippen LogP contribution in [-0.2, 0) is 26.0 Å². The third-order valence-corrected chi connectivity index (χ3v) is 8.54. The molecular weight excluding hydrogens is 450 g/mol. The van der Waals surface area contributed by atoms with E-state index >= 15 is 0 Å². The third-order valence-electron chi connectivity index (χ3n) is 5.29. The van der Waals surface area contributed by atoms with E-state index in [0.29, 0.717) is 29.3 Å². The number of anilines is 2. The number of carbonyl (C=O) groups is 2. The molecule has 32 heavy (non-hydrogen) atoms. The summed E-state index contributed by atoms with van der Waals surface area (Å²) in [5, 5.41) is 6.23. The molecule has 0 aliphatic carbocycles. The van der Waals surface area contributed by atoms with Crippen molar-refractivity contribution in [1.29, 1.82) is 0 Å². The molecule has 2 N–H and O–H groups in total. The summed E-state index contributed by atoms with van der Waals surface area (Å²) in [6.45, 7) is 6.82. The first kappa shape index (κ1) is 24.2. The summed E-state index contributed by atoms with van der Waals surface area (Å²) < 4.78 is 32.2. The van der Waals surface area contributed by atoms with Gasteiger partial charge < -0.3 is 15.4 Å². The number of nitrogens with one attached hydrogen (secondary N) is 2. The average Bonchev–Trinajstić information content (AvgIpc) is 3.41. The molecule has 0 spiro atoms. The summed E-state index contributed by atoms with van der Waals surface area (Å²) in [6.07, 6.45) is 2.48. The van der Waals surface area contributed by atoms with Gasteiger partial charge in [0.15, 0.2) is 0 Å². The van der Waals surface area contributed by atoms with Crippen molar-refractivity contribution in [3.05, 3.63) is 40.3 Å². The van der Waals surface area contributed by atoms with Crippen LogP contribution in [0.15, 0.2) is 29.2 Å². The van der Waals surface area contributed by atoms with Gasteiger partial charge in [0.05, 0.1) is 23.6 Å². The second-order valence-corrected chi connectivity index (χ2v) is 10.5. The van der Waals surface area contributed by atoms with E-state index in [-0.39, 0.29) is 24.0 Å². The van der Waals surface area contributed by atoms with Crippen LogP contribution in [0.2, 0.25) is 0 Å². The predicted molar refractivity (Wildman–Crippen MR) is 126 cm³/mol. The van der Waals surface area contributed by atoms with E-state index in [1.54, 1.807) is 25.1 Å². The summed E-state index contributed by atoms with van der Waals surface area (Å²) >= 11 is 1.36. The van der Waals surface area contributed by atoms with Crippen molar-refractivity contribution in [2.75, 3.05) is 36.9 Å². The highest BCUT2D eigenvalue weighted by Gasteiger charge is 2.27. The number of thiophene rings is 1. The molecule has 0 unspecified atom stereocenters. The van der Waals surface area contributed by atoms with Gasteiger partial charge >= 0.3 is 5.97 Å². The van der Waals surface area contributed by atoms with E-state index in [2.05, 4.69) is 10.6 Å². The minimum atomic E-state index is -3.53. The highest BCUT2D eigenvalue weighted by Crippen LogP contribution is 2.34. The summed E-state index contributed by atoms with van der Waals surface area (Å²) in [7, 11) is -3.53. The molecule has 1 aromatic carbocycles. The molecule has 2 heterocycles. The normalized spacial score (nSPS) is 14.3. The Bertz CT molecular complexity index is 1090. The number of nitrogens with zero attached hydrogens (tertiary/aromatic N) is 1. The number of hydrogen-bond donors (Lipinski definition) is 2. The van der Waals surface area contributed by atoms with Gasteiger partial charge in [-0.15, -0.1) is 11.3 Å². The van der Waals surface area contributed by atoms with Crippen LogP contribution in [0.5, 0.6) is 0 Å². The molecule has 0 saturated carbocycles. The molecule has 1 saturated heterocycles. The van der Waals surface area contributed by atoms with Crippen LogP contribution >= 0.6 is 11.3 Å². The van der Waals surface area contributed by atoms with E-state index < -0.39 is 16.0 Å². The van der Waals surface area contributed by atoms with Crippen molar-refractivity contribution in [3.8, 4) is 0 Å². The lowest BCUT2D eigenvalue weighted by atomic mass is 10.1. The van der Waals surface area contributed by atoms with E-state index in [4.69, 9.17) is 4.74 Å². The molecule has 174 valence electrons. The number of aryl methyl sites for hydroxylation is 1. The Labute approximate surface area is 193 Å². The molecule has 0 atom stereocenters. The first-order valence-electron chi connectivity index (χ1n) is 10.7. The number of carbonyl (C=O) groups excluding carboxylic acids is 2. The van der Waals surface area contributed by atoms with Crippen LogP contribution in [0.3, 0.4) is 0 Å². The van der Waals surface area contributed by atoms with Gasteiger partial charge in [0.1, 0.15) is 5.00 Å². The molecule has 0 bridgehead atoms. The lowest BCUT2D eigenvalue weighted by molar-refractivity contribution is -0.114. The molecule has 1 fully saturated rings. The maximum Gasteiger partial charge on any atom is 0.341 e. The van der Waals surface area contributed by atoms with Crippen LogP contribution < -0.4 is 10.6 Å². The van der Waals surface area contributed by atoms with Crippen LogP contribution in [0.4, 0.5) is 10.7 Å². The minimum Gasteiger partial charge on any atom is -0.462 e. The smallest absolute Gasteiger partial charge is 0.341 e. The number of sulfonamides is 1. The summed E-state index contributed by atoms with van der Waals surface area (Å²) in [6, 6.07) is 6.46. The molecule has 1 amide bonds. The molecule has 2 aromatic rings. The zero-order chi connectivity index (χ0) is 23.3. The quantitative estimate of drug-likeness (QED) is 0.532. The summed E-state index contributed by atoms with van der Waals surface area (Å²) in [4.78, 5) is 26.2. The molecule has 0 radical (unpaired) electrons. The fraction of sp³-hybridized carbons (Fsp3) is 0.455. The van der Waals surface area contributed by atoms with Gasteiger partial charge in [0, 0.05) is 23.7 Å². The molecule has 8 nitrogen and oxygen atoms in total. The van der Waals surface area contributed by atoms with Gasteiger partial charge in [-0.2, -0.15) is 4.31 Å². The van der Waals surface area contributed by atoms with Gasteiger partial charge in [-0.3, -0.25) is 4.79 Å². The van der Waals surface area contributed by atoms with Gasteiger partial charge in [-0.05, 0) is 56.9 Å². The fourth-order valence-electron chi connectivity index (χ4n) is 3.63. The highest BCUT2D eigenvalue weighted by molar-refractivity contribution is 7.89. The van der Waals surface area contributed by atoms with E-state index in [1.807, 2.05) is 13.8 Å². The van der Waals surface area contributed by atoms with Crippen LogP contribution in [0.1, 0.15) is 47.5 Å². The Morgan fingerprint density at radius 1 is 1.19 bits per heavy atom. The van der Waals surface area contributed by atoms with Gasteiger partial charge in [0.25, 0.3) is 0 Å². The predicted octanol–water partition coefficient (Wildman–Crippen LogP) is 3.63. The monoisotopic (exact) mass is 479 g/mol. The number of benzene rings is 1. The van der Waals surface area contributed by atoms with Crippen molar-refractivity contribution in [2.45, 2.75) is 44.9 Å². The fourth-order valence-corrected chi connectivity index (χ4v) is 6.34. The molecule has 10 heteroatoms.